The summed E-state index contributed by atoms with van der Waals surface area (Å²) in [5.41, 5.74) is 1.90. The van der Waals surface area contributed by atoms with Crippen LogP contribution in [0.15, 0.2) is 76.5 Å². The average Bonchev–Trinajstić information content (AvgIpc) is 3.55. The smallest absolute Gasteiger partial charge is 0.318 e. The summed E-state index contributed by atoms with van der Waals surface area (Å²) in [5, 5.41) is 11.3. The molecule has 0 aliphatic carbocycles. The summed E-state index contributed by atoms with van der Waals surface area (Å²) in [6, 6.07) is 19.3. The number of hydrogen-bond acceptors (Lipinski definition) is 7. The number of carboxylic acid groups (broad SMARTS) is 1. The van der Waals surface area contributed by atoms with Gasteiger partial charge in [0.25, 0.3) is 0 Å². The van der Waals surface area contributed by atoms with E-state index in [0.717, 1.165) is 24.9 Å². The molecule has 0 spiro atoms. The van der Waals surface area contributed by atoms with Crippen molar-refractivity contribution < 1.29 is 27.5 Å². The summed E-state index contributed by atoms with van der Waals surface area (Å²) in [6.45, 7) is 1.50. The zero-order valence-electron chi connectivity index (χ0n) is 20.4. The molecule has 0 amide bonds. The maximum absolute atomic E-state index is 13.2. The second-order valence-corrected chi connectivity index (χ2v) is 11.1. The second kappa shape index (κ2) is 11.6. The number of aryl methyl sites for hydroxylation is 1. The first kappa shape index (κ1) is 26.4. The Morgan fingerprint density at radius 2 is 1.81 bits per heavy atom. The summed E-state index contributed by atoms with van der Waals surface area (Å²) >= 11 is 1.57. The lowest BCUT2D eigenvalue weighted by Crippen LogP contribution is -2.44. The Balaban J connectivity index is 1.38. The molecule has 0 radical (unpaired) electrons. The maximum atomic E-state index is 13.2. The zero-order valence-corrected chi connectivity index (χ0v) is 22.0. The van der Waals surface area contributed by atoms with Crippen molar-refractivity contribution in [2.45, 2.75) is 19.9 Å². The van der Waals surface area contributed by atoms with E-state index in [0.29, 0.717) is 35.9 Å². The lowest BCUT2D eigenvalue weighted by molar-refractivity contribution is -0.137. The minimum absolute atomic E-state index is 0.101. The van der Waals surface area contributed by atoms with E-state index in [4.69, 9.17) is 9.15 Å². The molecule has 2 aromatic carbocycles. The van der Waals surface area contributed by atoms with Crippen molar-refractivity contribution >= 4 is 33.2 Å². The molecule has 0 unspecified atom stereocenters. The molecule has 11 heteroatoms. The molecule has 4 aromatic rings. The number of hydrogen-bond donors (Lipinski definition) is 1. The molecule has 0 atom stereocenters. The van der Waals surface area contributed by atoms with Gasteiger partial charge in [0.1, 0.15) is 18.1 Å². The number of carbonyl (C=O) groups is 1. The minimum atomic E-state index is -4.08. The Morgan fingerprint density at radius 1 is 1.08 bits per heavy atom. The molecule has 1 N–H and O–H groups in total. The molecule has 0 aliphatic rings. The van der Waals surface area contributed by atoms with Gasteiger partial charge in [-0.25, -0.2) is 4.98 Å². The van der Waals surface area contributed by atoms with Gasteiger partial charge in [0.2, 0.25) is 5.89 Å². The largest absolute Gasteiger partial charge is 0.493 e. The van der Waals surface area contributed by atoms with Gasteiger partial charge in [0.05, 0.1) is 22.9 Å². The van der Waals surface area contributed by atoms with E-state index in [-0.39, 0.29) is 6.54 Å². The number of para-hydroxylation sites is 1. The van der Waals surface area contributed by atoms with E-state index >= 15 is 0 Å². The SMILES string of the molecule is Cc1oc(-c2cccs2)nc1CCOc1ccc(CN(CC(=O)O)S(=O)(=O)N(C)c2ccccc2)cc1. The number of carboxylic acids is 1. The highest BCUT2D eigenvalue weighted by Gasteiger charge is 2.29. The van der Waals surface area contributed by atoms with Crippen LogP contribution in [0.2, 0.25) is 0 Å². The van der Waals surface area contributed by atoms with Gasteiger partial charge < -0.3 is 14.3 Å². The molecule has 0 aliphatic heterocycles. The van der Waals surface area contributed by atoms with Crippen LogP contribution in [-0.2, 0) is 28.0 Å². The summed E-state index contributed by atoms with van der Waals surface area (Å²) in [6.07, 6.45) is 0.568. The fourth-order valence-corrected chi connectivity index (χ4v) is 5.61. The fourth-order valence-electron chi connectivity index (χ4n) is 3.64. The monoisotopic (exact) mass is 541 g/mol. The number of benzene rings is 2. The van der Waals surface area contributed by atoms with Crippen LogP contribution in [0.3, 0.4) is 0 Å². The second-order valence-electron chi connectivity index (χ2n) is 8.21. The molecular formula is C26H27N3O6S2. The molecule has 0 saturated heterocycles. The van der Waals surface area contributed by atoms with Gasteiger partial charge in [-0.05, 0) is 48.2 Å². The lowest BCUT2D eigenvalue weighted by Gasteiger charge is -2.27. The van der Waals surface area contributed by atoms with Gasteiger partial charge in [0.15, 0.2) is 0 Å². The first-order chi connectivity index (χ1) is 17.7. The average molecular weight is 542 g/mol. The highest BCUT2D eigenvalue weighted by molar-refractivity contribution is 7.90. The standard InChI is InChI=1S/C26H27N3O6S2/c1-19-23(27-26(35-19)24-9-6-16-36-24)14-15-34-22-12-10-20(11-13-22)17-29(18-25(30)31)37(32,33)28(2)21-7-4-3-5-8-21/h3-13,16H,14-15,17-18H2,1-2H3,(H,30,31). The third-order valence-electron chi connectivity index (χ3n) is 5.62. The number of rotatable bonds is 12. The lowest BCUT2D eigenvalue weighted by atomic mass is 10.2. The maximum Gasteiger partial charge on any atom is 0.318 e. The number of aliphatic carboxylic acids is 1. The van der Waals surface area contributed by atoms with E-state index in [1.807, 2.05) is 24.4 Å². The van der Waals surface area contributed by atoms with E-state index in [9.17, 15) is 18.3 Å². The highest BCUT2D eigenvalue weighted by atomic mass is 32.2. The Kier molecular flexibility index (Phi) is 8.27. The molecule has 0 saturated carbocycles. The van der Waals surface area contributed by atoms with Crippen molar-refractivity contribution in [1.29, 1.82) is 0 Å². The molecule has 2 aromatic heterocycles. The van der Waals surface area contributed by atoms with Crippen molar-refractivity contribution in [1.82, 2.24) is 9.29 Å². The molecule has 9 nitrogen and oxygen atoms in total. The van der Waals surface area contributed by atoms with Crippen molar-refractivity contribution in [3.05, 3.63) is 89.1 Å². The summed E-state index contributed by atoms with van der Waals surface area (Å²) in [4.78, 5) is 17.0. The van der Waals surface area contributed by atoms with Crippen LogP contribution in [0.4, 0.5) is 5.69 Å². The molecule has 0 fully saturated rings. The highest BCUT2D eigenvalue weighted by Crippen LogP contribution is 2.26. The number of oxazole rings is 1. The van der Waals surface area contributed by atoms with Crippen LogP contribution in [0.25, 0.3) is 10.8 Å². The fraction of sp³-hybridized carbons (Fsp3) is 0.231. The van der Waals surface area contributed by atoms with Crippen LogP contribution in [0, 0.1) is 6.92 Å². The Hall–Kier alpha value is -3.67. The van der Waals surface area contributed by atoms with Crippen molar-refractivity contribution in [3.63, 3.8) is 0 Å². The molecule has 194 valence electrons. The predicted octanol–water partition coefficient (Wildman–Crippen LogP) is 4.60. The number of nitrogens with zero attached hydrogens (tertiary/aromatic N) is 3. The van der Waals surface area contributed by atoms with E-state index in [2.05, 4.69) is 4.98 Å². The molecule has 0 bridgehead atoms. The van der Waals surface area contributed by atoms with Gasteiger partial charge in [0, 0.05) is 20.0 Å². The summed E-state index contributed by atoms with van der Waals surface area (Å²) < 4.78 is 39.9. The van der Waals surface area contributed by atoms with Gasteiger partial charge in [-0.3, -0.25) is 9.10 Å². The molecule has 37 heavy (non-hydrogen) atoms. The van der Waals surface area contributed by atoms with Gasteiger partial charge in [-0.1, -0.05) is 36.4 Å². The Bertz CT molecular complexity index is 1420. The summed E-state index contributed by atoms with van der Waals surface area (Å²) in [5.74, 6) is 0.723. The van der Waals surface area contributed by atoms with Crippen LogP contribution >= 0.6 is 11.3 Å². The first-order valence-corrected chi connectivity index (χ1v) is 13.7. The van der Waals surface area contributed by atoms with E-state index in [1.165, 1.54) is 7.05 Å². The van der Waals surface area contributed by atoms with Crippen LogP contribution in [0.5, 0.6) is 5.75 Å². The summed E-state index contributed by atoms with van der Waals surface area (Å²) in [7, 11) is -2.68. The number of aromatic nitrogens is 1. The Labute approximate surface area is 219 Å². The van der Waals surface area contributed by atoms with Gasteiger partial charge in [-0.15, -0.1) is 11.3 Å². The molecular weight excluding hydrogens is 514 g/mol. The van der Waals surface area contributed by atoms with Crippen molar-refractivity contribution in [2.24, 2.45) is 0 Å². The van der Waals surface area contributed by atoms with Crippen molar-refractivity contribution in [2.75, 3.05) is 24.5 Å². The number of anilines is 1. The normalized spacial score (nSPS) is 11.5. The minimum Gasteiger partial charge on any atom is -0.493 e. The third-order valence-corrected chi connectivity index (χ3v) is 8.29. The Morgan fingerprint density at radius 3 is 2.46 bits per heavy atom. The van der Waals surface area contributed by atoms with Gasteiger partial charge >= 0.3 is 16.2 Å². The first-order valence-electron chi connectivity index (χ1n) is 11.5. The van der Waals surface area contributed by atoms with Crippen molar-refractivity contribution in [3.8, 4) is 16.5 Å². The molecule has 4 rings (SSSR count). The van der Waals surface area contributed by atoms with E-state index in [1.54, 1.807) is 65.9 Å². The third kappa shape index (κ3) is 6.56. The zero-order chi connectivity index (χ0) is 26.4. The van der Waals surface area contributed by atoms with Crippen LogP contribution in [-0.4, -0.2) is 49.0 Å². The number of ether oxygens (including phenoxy) is 1. The number of thiophene rings is 1. The van der Waals surface area contributed by atoms with Crippen LogP contribution < -0.4 is 9.04 Å². The predicted molar refractivity (Wildman–Crippen MR) is 142 cm³/mol. The molecule has 2 heterocycles. The quantitative estimate of drug-likeness (QED) is 0.279. The topological polar surface area (TPSA) is 113 Å². The van der Waals surface area contributed by atoms with E-state index < -0.39 is 22.7 Å². The van der Waals surface area contributed by atoms with Crippen LogP contribution in [0.1, 0.15) is 17.0 Å². The van der Waals surface area contributed by atoms with Gasteiger partial charge in [-0.2, -0.15) is 12.7 Å².